The molecule has 132 valence electrons. The number of carboxylic acid groups (broad SMARTS) is 1. The molecule has 1 heterocycles. The molecule has 6 nitrogen and oxygen atoms in total. The molecule has 2 rings (SSSR count). The van der Waals surface area contributed by atoms with Crippen molar-refractivity contribution in [2.75, 3.05) is 6.61 Å². The van der Waals surface area contributed by atoms with Gasteiger partial charge in [0.15, 0.2) is 11.5 Å². The molecule has 0 saturated carbocycles. The minimum Gasteiger partial charge on any atom is -0.504 e. The number of para-hydroxylation sites is 1. The van der Waals surface area contributed by atoms with Gasteiger partial charge in [0.25, 0.3) is 0 Å². The van der Waals surface area contributed by atoms with Gasteiger partial charge in [0.1, 0.15) is 0 Å². The van der Waals surface area contributed by atoms with Crippen molar-refractivity contribution in [3.8, 4) is 11.5 Å². The molecule has 1 fully saturated rings. The largest absolute Gasteiger partial charge is 0.504 e. The molecule has 1 atom stereocenters. The summed E-state index contributed by atoms with van der Waals surface area (Å²) in [5.74, 6) is -1.39. The van der Waals surface area contributed by atoms with Crippen molar-refractivity contribution < 1.29 is 29.1 Å². The maximum Gasteiger partial charge on any atom is 0.466 e. The summed E-state index contributed by atoms with van der Waals surface area (Å²) < 4.78 is 17.4. The molecular formula is C17H25BO6. The molecule has 0 aliphatic carbocycles. The average molecular weight is 336 g/mol. The number of phenolic OH excluding ortho intramolecular Hbond substituents is 1. The van der Waals surface area contributed by atoms with Crippen molar-refractivity contribution in [2.24, 2.45) is 0 Å². The summed E-state index contributed by atoms with van der Waals surface area (Å²) in [6.45, 7) is 9.83. The predicted octanol–water partition coefficient (Wildman–Crippen LogP) is 2.98. The van der Waals surface area contributed by atoms with Crippen LogP contribution in [0.25, 0.3) is 0 Å². The second kappa shape index (κ2) is 6.65. The van der Waals surface area contributed by atoms with Crippen molar-refractivity contribution in [3.63, 3.8) is 0 Å². The van der Waals surface area contributed by atoms with E-state index in [2.05, 4.69) is 0 Å². The maximum absolute atomic E-state index is 11.4. The Hall–Kier alpha value is -1.73. The monoisotopic (exact) mass is 336 g/mol. The lowest BCUT2D eigenvalue weighted by Gasteiger charge is -2.32. The Morgan fingerprint density at radius 3 is 2.33 bits per heavy atom. The molecule has 2 N–H and O–H groups in total. The fourth-order valence-electron chi connectivity index (χ4n) is 2.70. The molecule has 0 amide bonds. The number of carboxylic acids is 1. The van der Waals surface area contributed by atoms with Gasteiger partial charge in [-0.2, -0.15) is 0 Å². The molecule has 1 unspecified atom stereocenters. The minimum absolute atomic E-state index is 0.0692. The lowest BCUT2D eigenvalue weighted by atomic mass is 9.66. The van der Waals surface area contributed by atoms with E-state index >= 15 is 0 Å². The van der Waals surface area contributed by atoms with Crippen LogP contribution in [-0.2, 0) is 14.1 Å². The van der Waals surface area contributed by atoms with Gasteiger partial charge in [0.2, 0.25) is 0 Å². The first kappa shape index (κ1) is 18.6. The standard InChI is InChI=1S/C17H25BO6/c1-6-22-13-9-7-8-11(15(13)21)12(10-14(19)20)18-23-16(2,3)17(4,5)24-18/h7-9,12,21H,6,10H2,1-5H3,(H,19,20). The lowest BCUT2D eigenvalue weighted by Crippen LogP contribution is -2.41. The summed E-state index contributed by atoms with van der Waals surface area (Å²) in [5.41, 5.74) is -0.717. The van der Waals surface area contributed by atoms with Crippen LogP contribution in [0.5, 0.6) is 11.5 Å². The van der Waals surface area contributed by atoms with Crippen molar-refractivity contribution in [1.29, 1.82) is 0 Å². The van der Waals surface area contributed by atoms with Gasteiger partial charge >= 0.3 is 13.1 Å². The van der Waals surface area contributed by atoms with Gasteiger partial charge in [0, 0.05) is 5.82 Å². The molecule has 0 aromatic heterocycles. The molecule has 0 spiro atoms. The zero-order valence-corrected chi connectivity index (χ0v) is 14.8. The number of carbonyl (C=O) groups is 1. The van der Waals surface area contributed by atoms with Crippen LogP contribution in [-0.4, -0.2) is 41.1 Å². The molecule has 1 aromatic carbocycles. The van der Waals surface area contributed by atoms with E-state index in [1.54, 1.807) is 18.2 Å². The van der Waals surface area contributed by atoms with Crippen molar-refractivity contribution >= 4 is 13.1 Å². The first-order valence-electron chi connectivity index (χ1n) is 8.11. The van der Waals surface area contributed by atoms with Crippen LogP contribution in [0.1, 0.15) is 52.4 Å². The van der Waals surface area contributed by atoms with Gasteiger partial charge in [-0.25, -0.2) is 0 Å². The van der Waals surface area contributed by atoms with Gasteiger partial charge in [-0.1, -0.05) is 12.1 Å². The first-order chi connectivity index (χ1) is 11.1. The topological polar surface area (TPSA) is 85.2 Å². The summed E-state index contributed by atoms with van der Waals surface area (Å²) in [5, 5.41) is 19.8. The Kier molecular flexibility index (Phi) is 5.15. The Morgan fingerprint density at radius 1 is 1.25 bits per heavy atom. The van der Waals surface area contributed by atoms with Crippen molar-refractivity contribution in [2.45, 2.75) is 58.1 Å². The van der Waals surface area contributed by atoms with Crippen LogP contribution in [0.15, 0.2) is 18.2 Å². The summed E-state index contributed by atoms with van der Waals surface area (Å²) in [6, 6.07) is 5.04. The maximum atomic E-state index is 11.4. The second-order valence-corrected chi connectivity index (χ2v) is 6.96. The highest BCUT2D eigenvalue weighted by atomic mass is 16.7. The van der Waals surface area contributed by atoms with Gasteiger partial charge in [-0.3, -0.25) is 4.79 Å². The van der Waals surface area contributed by atoms with Crippen LogP contribution in [0.2, 0.25) is 0 Å². The van der Waals surface area contributed by atoms with E-state index in [-0.39, 0.29) is 12.2 Å². The number of benzene rings is 1. The van der Waals surface area contributed by atoms with E-state index in [0.29, 0.717) is 17.9 Å². The third-order valence-electron chi connectivity index (χ3n) is 4.72. The van der Waals surface area contributed by atoms with Gasteiger partial charge < -0.3 is 24.3 Å². The highest BCUT2D eigenvalue weighted by Crippen LogP contribution is 2.44. The molecule has 0 radical (unpaired) electrons. The van der Waals surface area contributed by atoms with Crippen molar-refractivity contribution in [3.05, 3.63) is 23.8 Å². The highest BCUT2D eigenvalue weighted by Gasteiger charge is 2.54. The molecular weight excluding hydrogens is 311 g/mol. The van der Waals surface area contributed by atoms with E-state index in [0.717, 1.165) is 0 Å². The van der Waals surface area contributed by atoms with E-state index in [1.165, 1.54) is 0 Å². The molecule has 1 aromatic rings. The molecule has 1 aliphatic heterocycles. The zero-order valence-electron chi connectivity index (χ0n) is 14.8. The summed E-state index contributed by atoms with van der Waals surface area (Å²) >= 11 is 0. The smallest absolute Gasteiger partial charge is 0.466 e. The Balaban J connectivity index is 2.41. The van der Waals surface area contributed by atoms with E-state index in [9.17, 15) is 15.0 Å². The lowest BCUT2D eigenvalue weighted by molar-refractivity contribution is -0.137. The Bertz CT molecular complexity index is 597. The third-order valence-corrected chi connectivity index (χ3v) is 4.72. The van der Waals surface area contributed by atoms with Crippen LogP contribution in [0.3, 0.4) is 0 Å². The van der Waals surface area contributed by atoms with E-state index < -0.39 is 30.1 Å². The number of aromatic hydroxyl groups is 1. The molecule has 1 aliphatic rings. The van der Waals surface area contributed by atoms with Crippen LogP contribution < -0.4 is 4.74 Å². The van der Waals surface area contributed by atoms with Gasteiger partial charge in [-0.05, 0) is 46.2 Å². The van der Waals surface area contributed by atoms with Gasteiger partial charge in [0.05, 0.1) is 24.2 Å². The fraction of sp³-hybridized carbons (Fsp3) is 0.588. The number of phenols is 1. The molecule has 0 bridgehead atoms. The van der Waals surface area contributed by atoms with Crippen LogP contribution in [0, 0.1) is 0 Å². The molecule has 24 heavy (non-hydrogen) atoms. The van der Waals surface area contributed by atoms with Crippen molar-refractivity contribution in [1.82, 2.24) is 0 Å². The predicted molar refractivity (Wildman–Crippen MR) is 90.4 cm³/mol. The highest BCUT2D eigenvalue weighted by molar-refractivity contribution is 6.48. The summed E-state index contributed by atoms with van der Waals surface area (Å²) in [6.07, 6.45) is -0.222. The Morgan fingerprint density at radius 2 is 1.83 bits per heavy atom. The first-order valence-corrected chi connectivity index (χ1v) is 8.11. The van der Waals surface area contributed by atoms with Gasteiger partial charge in [-0.15, -0.1) is 0 Å². The number of hydrogen-bond acceptors (Lipinski definition) is 5. The third kappa shape index (κ3) is 3.52. The SMILES string of the molecule is CCOc1cccc(C(CC(=O)O)B2OC(C)(C)C(C)(C)O2)c1O. The molecule has 7 heteroatoms. The normalized spacial score (nSPS) is 20.0. The van der Waals surface area contributed by atoms with Crippen LogP contribution >= 0.6 is 0 Å². The second-order valence-electron chi connectivity index (χ2n) is 6.96. The zero-order chi connectivity index (χ0) is 18.1. The van der Waals surface area contributed by atoms with E-state index in [1.807, 2.05) is 34.6 Å². The number of ether oxygens (including phenoxy) is 1. The quantitative estimate of drug-likeness (QED) is 0.777. The summed E-state index contributed by atoms with van der Waals surface area (Å²) in [4.78, 5) is 11.4. The number of rotatable bonds is 6. The average Bonchev–Trinajstić information content (AvgIpc) is 2.67. The molecule has 1 saturated heterocycles. The summed E-state index contributed by atoms with van der Waals surface area (Å²) in [7, 11) is -0.770. The van der Waals surface area contributed by atoms with Crippen LogP contribution in [0.4, 0.5) is 0 Å². The minimum atomic E-state index is -0.990. The van der Waals surface area contributed by atoms with E-state index in [4.69, 9.17) is 14.0 Å². The number of hydrogen-bond donors (Lipinski definition) is 2. The Labute approximate surface area is 142 Å². The number of aliphatic carboxylic acids is 1. The fourth-order valence-corrected chi connectivity index (χ4v) is 2.70.